The zero-order valence-corrected chi connectivity index (χ0v) is 12.7. The van der Waals surface area contributed by atoms with Gasteiger partial charge in [0.1, 0.15) is 10.7 Å². The first-order chi connectivity index (χ1) is 9.31. The summed E-state index contributed by atoms with van der Waals surface area (Å²) >= 11 is 0. The molecule has 0 aromatic carbocycles. The van der Waals surface area contributed by atoms with E-state index < -0.39 is 10.0 Å². The van der Waals surface area contributed by atoms with Gasteiger partial charge in [0.05, 0.1) is 23.6 Å². The second-order valence-corrected chi connectivity index (χ2v) is 6.67. The fourth-order valence-corrected chi connectivity index (χ4v) is 3.23. The van der Waals surface area contributed by atoms with E-state index in [0.717, 1.165) is 5.76 Å². The normalized spacial score (nSPS) is 12.2. The lowest BCUT2D eigenvalue weighted by Gasteiger charge is -2.04. The third kappa shape index (κ3) is 2.91. The first-order valence-electron chi connectivity index (χ1n) is 6.28. The van der Waals surface area contributed by atoms with Crippen LogP contribution in [0.4, 0.5) is 0 Å². The average molecular weight is 298 g/mol. The summed E-state index contributed by atoms with van der Waals surface area (Å²) in [4.78, 5) is 0.185. The maximum atomic E-state index is 12.2. The Hall–Kier alpha value is -1.67. The number of hydrogen-bond acceptors (Lipinski definition) is 5. The molecule has 0 aliphatic carbocycles. The van der Waals surface area contributed by atoms with E-state index >= 15 is 0 Å². The Morgan fingerprint density at radius 1 is 1.40 bits per heavy atom. The largest absolute Gasteiger partial charge is 0.361 e. The molecule has 0 saturated carbocycles. The average Bonchev–Trinajstić information content (AvgIpc) is 2.94. The van der Waals surface area contributed by atoms with Crippen LogP contribution in [0, 0.1) is 13.8 Å². The Labute approximate surface area is 117 Å². The summed E-state index contributed by atoms with van der Waals surface area (Å²) in [6.45, 7) is 7.36. The highest BCUT2D eigenvalue weighted by molar-refractivity contribution is 7.89. The van der Waals surface area contributed by atoms with Crippen LogP contribution < -0.4 is 4.72 Å². The fraction of sp³-hybridized carbons (Fsp3) is 0.500. The molecule has 0 bridgehead atoms. The van der Waals surface area contributed by atoms with Crippen molar-refractivity contribution in [3.8, 4) is 0 Å². The molecule has 8 heteroatoms. The van der Waals surface area contributed by atoms with Crippen LogP contribution in [0.2, 0.25) is 0 Å². The zero-order valence-electron chi connectivity index (χ0n) is 11.9. The van der Waals surface area contributed by atoms with Gasteiger partial charge in [0.2, 0.25) is 10.0 Å². The van der Waals surface area contributed by atoms with Gasteiger partial charge in [-0.2, -0.15) is 5.10 Å². The number of nitrogens with zero attached hydrogens (tertiary/aromatic N) is 2. The first-order valence-corrected chi connectivity index (χ1v) is 7.76. The Morgan fingerprint density at radius 2 is 2.10 bits per heavy atom. The maximum absolute atomic E-state index is 12.2. The highest BCUT2D eigenvalue weighted by Gasteiger charge is 2.22. The van der Waals surface area contributed by atoms with Crippen molar-refractivity contribution in [1.29, 1.82) is 0 Å². The van der Waals surface area contributed by atoms with Crippen LogP contribution >= 0.6 is 0 Å². The van der Waals surface area contributed by atoms with Crippen molar-refractivity contribution in [2.45, 2.75) is 45.1 Å². The molecule has 0 amide bonds. The molecule has 2 rings (SSSR count). The van der Waals surface area contributed by atoms with E-state index in [4.69, 9.17) is 4.52 Å². The van der Waals surface area contributed by atoms with E-state index in [9.17, 15) is 8.42 Å². The van der Waals surface area contributed by atoms with Crippen molar-refractivity contribution in [3.05, 3.63) is 28.9 Å². The van der Waals surface area contributed by atoms with Gasteiger partial charge in [-0.15, -0.1) is 0 Å². The zero-order chi connectivity index (χ0) is 14.9. The van der Waals surface area contributed by atoms with Gasteiger partial charge in [0.15, 0.2) is 0 Å². The van der Waals surface area contributed by atoms with Crippen LogP contribution in [0.1, 0.15) is 42.6 Å². The molecular formula is C12H18N4O3S. The standard InChI is InChI=1S/C12H18N4O3S/c1-7(2)11-5-10(16-19-11)6-13-20(17,18)12-8(3)14-15-9(12)4/h5,7,13H,6H2,1-4H3,(H,14,15). The van der Waals surface area contributed by atoms with E-state index in [-0.39, 0.29) is 17.4 Å². The minimum absolute atomic E-state index is 0.0859. The molecule has 110 valence electrons. The van der Waals surface area contributed by atoms with Crippen molar-refractivity contribution >= 4 is 10.0 Å². The van der Waals surface area contributed by atoms with Crippen molar-refractivity contribution in [1.82, 2.24) is 20.1 Å². The summed E-state index contributed by atoms with van der Waals surface area (Å²) in [6.07, 6.45) is 0. The highest BCUT2D eigenvalue weighted by atomic mass is 32.2. The lowest BCUT2D eigenvalue weighted by molar-refractivity contribution is 0.365. The predicted octanol–water partition coefficient (Wildman–Crippen LogP) is 1.62. The van der Waals surface area contributed by atoms with Crippen LogP contribution in [-0.4, -0.2) is 23.8 Å². The van der Waals surface area contributed by atoms with Crippen LogP contribution in [0.25, 0.3) is 0 Å². The van der Waals surface area contributed by atoms with E-state index in [0.29, 0.717) is 17.1 Å². The number of aromatic amines is 1. The number of aryl methyl sites for hydroxylation is 2. The molecule has 2 aromatic heterocycles. The minimum atomic E-state index is -3.61. The maximum Gasteiger partial charge on any atom is 0.244 e. The van der Waals surface area contributed by atoms with Crippen LogP contribution in [-0.2, 0) is 16.6 Å². The molecule has 0 saturated heterocycles. The van der Waals surface area contributed by atoms with Gasteiger partial charge in [0, 0.05) is 12.0 Å². The van der Waals surface area contributed by atoms with Gasteiger partial charge >= 0.3 is 0 Å². The van der Waals surface area contributed by atoms with Crippen molar-refractivity contribution in [3.63, 3.8) is 0 Å². The molecule has 0 unspecified atom stereocenters. The Morgan fingerprint density at radius 3 is 2.60 bits per heavy atom. The molecule has 0 radical (unpaired) electrons. The summed E-state index contributed by atoms with van der Waals surface area (Å²) in [7, 11) is -3.61. The fourth-order valence-electron chi connectivity index (χ4n) is 1.86. The van der Waals surface area contributed by atoms with Gasteiger partial charge in [-0.3, -0.25) is 5.10 Å². The summed E-state index contributed by atoms with van der Waals surface area (Å²) in [5, 5.41) is 10.4. The van der Waals surface area contributed by atoms with E-state index in [1.54, 1.807) is 19.9 Å². The molecule has 0 aliphatic rings. The molecule has 0 aliphatic heterocycles. The molecule has 0 fully saturated rings. The topological polar surface area (TPSA) is 101 Å². The third-order valence-corrected chi connectivity index (χ3v) is 4.58. The molecule has 7 nitrogen and oxygen atoms in total. The number of aromatic nitrogens is 3. The molecule has 2 aromatic rings. The SMILES string of the molecule is Cc1n[nH]c(C)c1S(=O)(=O)NCc1cc(C(C)C)on1. The first kappa shape index (κ1) is 14.7. The van der Waals surface area contributed by atoms with Crippen LogP contribution in [0.3, 0.4) is 0 Å². The number of rotatable bonds is 5. The lowest BCUT2D eigenvalue weighted by atomic mass is 10.1. The molecule has 0 spiro atoms. The molecule has 2 heterocycles. The van der Waals surface area contributed by atoms with Crippen LogP contribution in [0.15, 0.2) is 15.5 Å². The van der Waals surface area contributed by atoms with E-state index in [1.807, 2.05) is 13.8 Å². The third-order valence-electron chi connectivity index (χ3n) is 2.92. The van der Waals surface area contributed by atoms with Gasteiger partial charge in [-0.05, 0) is 13.8 Å². The number of sulfonamides is 1. The lowest BCUT2D eigenvalue weighted by Crippen LogP contribution is -2.24. The van der Waals surface area contributed by atoms with Gasteiger partial charge in [0.25, 0.3) is 0 Å². The van der Waals surface area contributed by atoms with E-state index in [1.165, 1.54) is 0 Å². The highest BCUT2D eigenvalue weighted by Crippen LogP contribution is 2.18. The van der Waals surface area contributed by atoms with E-state index in [2.05, 4.69) is 20.1 Å². The summed E-state index contributed by atoms with van der Waals surface area (Å²) in [5.41, 5.74) is 1.51. The molecular weight excluding hydrogens is 280 g/mol. The second-order valence-electron chi connectivity index (χ2n) is 4.96. The molecule has 20 heavy (non-hydrogen) atoms. The second kappa shape index (κ2) is 5.37. The minimum Gasteiger partial charge on any atom is -0.361 e. The molecule has 2 N–H and O–H groups in total. The number of hydrogen-bond donors (Lipinski definition) is 2. The molecule has 0 atom stereocenters. The Kier molecular flexibility index (Phi) is 3.96. The van der Waals surface area contributed by atoms with Gasteiger partial charge in [-0.25, -0.2) is 13.1 Å². The summed E-state index contributed by atoms with van der Waals surface area (Å²) in [6, 6.07) is 1.75. The van der Waals surface area contributed by atoms with Crippen molar-refractivity contribution < 1.29 is 12.9 Å². The summed E-state index contributed by atoms with van der Waals surface area (Å²) in [5.74, 6) is 0.945. The van der Waals surface area contributed by atoms with Crippen molar-refractivity contribution in [2.75, 3.05) is 0 Å². The number of H-pyrrole nitrogens is 1. The predicted molar refractivity (Wildman–Crippen MR) is 72.7 cm³/mol. The van der Waals surface area contributed by atoms with Gasteiger partial charge < -0.3 is 4.52 Å². The number of nitrogens with one attached hydrogen (secondary N) is 2. The Bertz CT molecular complexity index is 681. The monoisotopic (exact) mass is 298 g/mol. The summed E-state index contributed by atoms with van der Waals surface area (Å²) < 4.78 is 32.1. The Balaban J connectivity index is 2.13. The van der Waals surface area contributed by atoms with Crippen LogP contribution in [0.5, 0.6) is 0 Å². The quantitative estimate of drug-likeness (QED) is 0.873. The van der Waals surface area contributed by atoms with Crippen molar-refractivity contribution in [2.24, 2.45) is 0 Å². The smallest absolute Gasteiger partial charge is 0.244 e. The van der Waals surface area contributed by atoms with Gasteiger partial charge in [-0.1, -0.05) is 19.0 Å².